The van der Waals surface area contributed by atoms with Crippen LogP contribution in [0.1, 0.15) is 6.23 Å². The SMILES string of the molecule is Nc1ncnc2c1nnn2[C@@H]1O[C@H](COP(=O)(O)O)C(O)C1O.[NaH]. The Morgan fingerprint density at radius 1 is 1.33 bits per heavy atom. The number of aliphatic hydroxyl groups is 2. The van der Waals surface area contributed by atoms with Crippen molar-refractivity contribution < 1.29 is 33.8 Å². The number of anilines is 1. The Bertz CT molecular complexity index is 770. The number of aromatic nitrogens is 5. The van der Waals surface area contributed by atoms with E-state index in [0.717, 1.165) is 4.68 Å². The van der Waals surface area contributed by atoms with Crippen LogP contribution >= 0.6 is 7.82 Å². The standard InChI is InChI=1S/C9H13N6O7P.Na.H/c10-7-4-8(12-2-11-7)15(14-13-4)9-6(17)5(16)3(22-9)1-21-23(18,19)20;;/h2-3,5-6,9,16-17H,1H2,(H2,10,11,12)(H2,18,19,20);;/t3-,5?,6?,9-;;/m1../s1. The first-order valence-electron chi connectivity index (χ1n) is 6.31. The summed E-state index contributed by atoms with van der Waals surface area (Å²) in [6.07, 6.45) is -4.09. The first-order chi connectivity index (χ1) is 10.8. The molecule has 4 atom stereocenters. The number of nitrogens with two attached hydrogens (primary N) is 1. The predicted octanol–water partition coefficient (Wildman–Crippen LogP) is -3.12. The zero-order valence-corrected chi connectivity index (χ0v) is 12.3. The summed E-state index contributed by atoms with van der Waals surface area (Å²) in [5.74, 6) is 0.0793. The van der Waals surface area contributed by atoms with Gasteiger partial charge in [0, 0.05) is 0 Å². The Kier molecular flexibility index (Phi) is 5.92. The van der Waals surface area contributed by atoms with Crippen molar-refractivity contribution in [3.63, 3.8) is 0 Å². The zero-order valence-electron chi connectivity index (χ0n) is 11.4. The second kappa shape index (κ2) is 7.25. The van der Waals surface area contributed by atoms with E-state index in [4.69, 9.17) is 20.3 Å². The van der Waals surface area contributed by atoms with E-state index in [1.165, 1.54) is 6.33 Å². The number of phosphoric ester groups is 1. The normalized spacial score (nSPS) is 27.3. The van der Waals surface area contributed by atoms with Crippen molar-refractivity contribution in [2.45, 2.75) is 24.5 Å². The van der Waals surface area contributed by atoms with Gasteiger partial charge < -0.3 is 30.5 Å². The Hall–Kier alpha value is -0.730. The number of aliphatic hydroxyl groups excluding tert-OH is 2. The molecule has 1 aliphatic rings. The van der Waals surface area contributed by atoms with E-state index in [-0.39, 0.29) is 46.5 Å². The molecule has 128 valence electrons. The van der Waals surface area contributed by atoms with E-state index >= 15 is 0 Å². The molecule has 13 nitrogen and oxygen atoms in total. The molecule has 1 fully saturated rings. The molecule has 1 aliphatic heterocycles. The van der Waals surface area contributed by atoms with Crippen LogP contribution in [0.3, 0.4) is 0 Å². The van der Waals surface area contributed by atoms with E-state index in [1.807, 2.05) is 0 Å². The monoisotopic (exact) mass is 372 g/mol. The van der Waals surface area contributed by atoms with Crippen molar-refractivity contribution in [3.05, 3.63) is 6.33 Å². The molecular formula is C9H14N6NaO7P. The number of phosphoric acid groups is 1. The second-order valence-corrected chi connectivity index (χ2v) is 6.04. The van der Waals surface area contributed by atoms with Crippen LogP contribution < -0.4 is 5.73 Å². The first-order valence-corrected chi connectivity index (χ1v) is 7.84. The van der Waals surface area contributed by atoms with Crippen LogP contribution in [0.2, 0.25) is 0 Å². The van der Waals surface area contributed by atoms with Crippen LogP contribution in [0.4, 0.5) is 5.82 Å². The molecule has 0 saturated carbocycles. The predicted molar refractivity (Wildman–Crippen MR) is 78.6 cm³/mol. The molecule has 0 spiro atoms. The molecular weight excluding hydrogens is 358 g/mol. The van der Waals surface area contributed by atoms with Gasteiger partial charge >= 0.3 is 37.4 Å². The molecule has 0 bridgehead atoms. The third-order valence-electron chi connectivity index (χ3n) is 3.27. The van der Waals surface area contributed by atoms with Crippen molar-refractivity contribution >= 4 is 54.4 Å². The van der Waals surface area contributed by atoms with Crippen LogP contribution in [-0.2, 0) is 13.8 Å². The summed E-state index contributed by atoms with van der Waals surface area (Å²) >= 11 is 0. The second-order valence-electron chi connectivity index (χ2n) is 4.80. The van der Waals surface area contributed by atoms with Crippen molar-refractivity contribution in [1.29, 1.82) is 0 Å². The van der Waals surface area contributed by atoms with Crippen LogP contribution in [0, 0.1) is 0 Å². The van der Waals surface area contributed by atoms with Gasteiger partial charge in [0.05, 0.1) is 6.61 Å². The number of nitrogens with zero attached hydrogens (tertiary/aromatic N) is 5. The van der Waals surface area contributed by atoms with E-state index in [9.17, 15) is 14.8 Å². The van der Waals surface area contributed by atoms with Gasteiger partial charge in [-0.15, -0.1) is 5.10 Å². The summed E-state index contributed by atoms with van der Waals surface area (Å²) in [7, 11) is -4.73. The van der Waals surface area contributed by atoms with E-state index < -0.39 is 39.0 Å². The van der Waals surface area contributed by atoms with Crippen molar-refractivity contribution in [2.24, 2.45) is 0 Å². The molecule has 3 heterocycles. The van der Waals surface area contributed by atoms with Crippen molar-refractivity contribution in [3.8, 4) is 0 Å². The quantitative estimate of drug-likeness (QED) is 0.268. The fraction of sp³-hybridized carbons (Fsp3) is 0.556. The minimum absolute atomic E-state index is 0. The topological polar surface area (TPSA) is 199 Å². The van der Waals surface area contributed by atoms with E-state index in [2.05, 4.69) is 24.8 Å². The number of ether oxygens (including phenoxy) is 1. The summed E-state index contributed by atoms with van der Waals surface area (Å²) < 4.78 is 21.5. The molecule has 0 amide bonds. The Morgan fingerprint density at radius 3 is 2.71 bits per heavy atom. The minimum atomic E-state index is -4.73. The Labute approximate surface area is 156 Å². The van der Waals surface area contributed by atoms with Crippen molar-refractivity contribution in [1.82, 2.24) is 25.0 Å². The van der Waals surface area contributed by atoms with Gasteiger partial charge in [0.2, 0.25) is 0 Å². The van der Waals surface area contributed by atoms with Gasteiger partial charge in [-0.3, -0.25) is 4.52 Å². The zero-order chi connectivity index (χ0) is 16.8. The van der Waals surface area contributed by atoms with Gasteiger partial charge in [-0.2, -0.15) is 4.68 Å². The fourth-order valence-corrected chi connectivity index (χ4v) is 2.53. The molecule has 2 unspecified atom stereocenters. The fourth-order valence-electron chi connectivity index (χ4n) is 2.19. The van der Waals surface area contributed by atoms with E-state index in [1.54, 1.807) is 0 Å². The number of fused-ring (bicyclic) bond motifs is 1. The van der Waals surface area contributed by atoms with Crippen LogP contribution in [-0.4, -0.2) is 99.4 Å². The molecule has 3 rings (SSSR count). The molecule has 0 aliphatic carbocycles. The molecule has 2 aromatic rings. The van der Waals surface area contributed by atoms with Gasteiger partial charge in [0.15, 0.2) is 23.2 Å². The molecule has 6 N–H and O–H groups in total. The third-order valence-corrected chi connectivity index (χ3v) is 3.76. The summed E-state index contributed by atoms with van der Waals surface area (Å²) in [5, 5.41) is 27.5. The average Bonchev–Trinajstić information content (AvgIpc) is 3.01. The molecule has 1 saturated heterocycles. The maximum absolute atomic E-state index is 10.7. The van der Waals surface area contributed by atoms with Gasteiger partial charge in [0.1, 0.15) is 24.6 Å². The molecule has 2 aromatic heterocycles. The molecule has 0 aromatic carbocycles. The van der Waals surface area contributed by atoms with Gasteiger partial charge in [-0.25, -0.2) is 14.5 Å². The van der Waals surface area contributed by atoms with Crippen LogP contribution in [0.25, 0.3) is 11.2 Å². The van der Waals surface area contributed by atoms with Crippen LogP contribution in [0.5, 0.6) is 0 Å². The molecule has 24 heavy (non-hydrogen) atoms. The Morgan fingerprint density at radius 2 is 2.04 bits per heavy atom. The third kappa shape index (κ3) is 3.75. The maximum atomic E-state index is 10.7. The van der Waals surface area contributed by atoms with Gasteiger partial charge in [-0.05, 0) is 0 Å². The van der Waals surface area contributed by atoms with E-state index in [0.29, 0.717) is 0 Å². The summed E-state index contributed by atoms with van der Waals surface area (Å²) in [5.41, 5.74) is 5.99. The Balaban J connectivity index is 0.00000208. The van der Waals surface area contributed by atoms with Gasteiger partial charge in [-0.1, -0.05) is 5.21 Å². The number of nitrogen functional groups attached to an aromatic ring is 1. The molecule has 0 radical (unpaired) electrons. The molecule has 15 heteroatoms. The summed E-state index contributed by atoms with van der Waals surface area (Å²) in [4.78, 5) is 25.0. The van der Waals surface area contributed by atoms with Crippen LogP contribution in [0.15, 0.2) is 6.33 Å². The first kappa shape index (κ1) is 19.6. The van der Waals surface area contributed by atoms with Crippen molar-refractivity contribution in [2.75, 3.05) is 12.3 Å². The summed E-state index contributed by atoms with van der Waals surface area (Å²) in [6.45, 7) is -0.622. The number of hydrogen-bond acceptors (Lipinski definition) is 10. The number of rotatable bonds is 4. The number of hydrogen-bond donors (Lipinski definition) is 5. The summed E-state index contributed by atoms with van der Waals surface area (Å²) in [6, 6.07) is 0. The average molecular weight is 372 g/mol. The van der Waals surface area contributed by atoms with Gasteiger partial charge in [0.25, 0.3) is 0 Å².